The second kappa shape index (κ2) is 4.00. The largest absolute Gasteiger partial charge is 0.352 e. The van der Waals surface area contributed by atoms with Crippen molar-refractivity contribution in [3.05, 3.63) is 0 Å². The van der Waals surface area contributed by atoms with Gasteiger partial charge in [-0.3, -0.25) is 4.79 Å². The Morgan fingerprint density at radius 2 is 2.29 bits per heavy atom. The quantitative estimate of drug-likeness (QED) is 0.745. The van der Waals surface area contributed by atoms with Crippen molar-refractivity contribution in [3.8, 4) is 6.07 Å². The van der Waals surface area contributed by atoms with Crippen LogP contribution in [0.5, 0.6) is 0 Å². The molecule has 1 N–H and O–H groups in total. The van der Waals surface area contributed by atoms with Gasteiger partial charge in [0, 0.05) is 6.04 Å². The van der Waals surface area contributed by atoms with Crippen LogP contribution in [0.3, 0.4) is 0 Å². The van der Waals surface area contributed by atoms with Crippen molar-refractivity contribution in [2.45, 2.75) is 46.1 Å². The molecule has 1 saturated carbocycles. The fourth-order valence-corrected chi connectivity index (χ4v) is 1.50. The smallest absolute Gasteiger partial charge is 0.240 e. The van der Waals surface area contributed by atoms with Gasteiger partial charge in [0.15, 0.2) is 0 Å². The fraction of sp³-hybridized carbons (Fsp3) is 0.818. The third-order valence-corrected chi connectivity index (χ3v) is 3.39. The predicted molar refractivity (Wildman–Crippen MR) is 54.3 cm³/mol. The molecule has 0 aromatic rings. The molecule has 14 heavy (non-hydrogen) atoms. The molecule has 3 unspecified atom stereocenters. The van der Waals surface area contributed by atoms with Crippen LogP contribution in [0.1, 0.15) is 40.0 Å². The number of hydrogen-bond acceptors (Lipinski definition) is 2. The molecule has 1 rings (SSSR count). The van der Waals surface area contributed by atoms with E-state index in [4.69, 9.17) is 5.26 Å². The van der Waals surface area contributed by atoms with E-state index in [0.29, 0.717) is 18.4 Å². The normalized spacial score (nSPS) is 29.6. The molecule has 3 heteroatoms. The summed E-state index contributed by atoms with van der Waals surface area (Å²) in [7, 11) is 0. The molecule has 0 aromatic heterocycles. The molecular formula is C11H18N2O. The molecule has 1 aliphatic carbocycles. The van der Waals surface area contributed by atoms with Crippen molar-refractivity contribution < 1.29 is 4.79 Å². The Bertz CT molecular complexity index is 269. The van der Waals surface area contributed by atoms with E-state index >= 15 is 0 Å². The number of carbonyl (C=O) groups excluding carboxylic acids is 1. The highest BCUT2D eigenvalue weighted by Gasteiger charge is 2.36. The van der Waals surface area contributed by atoms with Crippen molar-refractivity contribution in [2.24, 2.45) is 11.3 Å². The second-order valence-electron chi connectivity index (χ2n) is 4.43. The number of nitrogens with zero attached hydrogens (tertiary/aromatic N) is 1. The van der Waals surface area contributed by atoms with Gasteiger partial charge in [-0.15, -0.1) is 0 Å². The molecule has 0 radical (unpaired) electrons. The zero-order chi connectivity index (χ0) is 10.8. The summed E-state index contributed by atoms with van der Waals surface area (Å²) in [5.41, 5.74) is -0.852. The zero-order valence-corrected chi connectivity index (χ0v) is 9.13. The summed E-state index contributed by atoms with van der Waals surface area (Å²) < 4.78 is 0. The molecule has 0 heterocycles. The molecule has 1 amide bonds. The van der Waals surface area contributed by atoms with Crippen LogP contribution in [-0.2, 0) is 4.79 Å². The van der Waals surface area contributed by atoms with E-state index in [0.717, 1.165) is 6.42 Å². The molecule has 1 fully saturated rings. The van der Waals surface area contributed by atoms with Gasteiger partial charge >= 0.3 is 0 Å². The molecule has 0 spiro atoms. The van der Waals surface area contributed by atoms with E-state index in [2.05, 4.69) is 18.3 Å². The first kappa shape index (κ1) is 11.0. The summed E-state index contributed by atoms with van der Waals surface area (Å²) in [4.78, 5) is 11.7. The third-order valence-electron chi connectivity index (χ3n) is 3.39. The van der Waals surface area contributed by atoms with Crippen LogP contribution in [0.2, 0.25) is 0 Å². The van der Waals surface area contributed by atoms with Crippen LogP contribution in [-0.4, -0.2) is 11.9 Å². The highest BCUT2D eigenvalue weighted by Crippen LogP contribution is 2.28. The fourth-order valence-electron chi connectivity index (χ4n) is 1.50. The Balaban J connectivity index is 2.53. The Morgan fingerprint density at radius 3 is 2.57 bits per heavy atom. The second-order valence-corrected chi connectivity index (χ2v) is 4.43. The van der Waals surface area contributed by atoms with Crippen molar-refractivity contribution in [3.63, 3.8) is 0 Å². The lowest BCUT2D eigenvalue weighted by atomic mass is 9.79. The predicted octanol–water partition coefficient (Wildman–Crippen LogP) is 1.84. The van der Waals surface area contributed by atoms with Crippen molar-refractivity contribution in [1.29, 1.82) is 5.26 Å². The highest BCUT2D eigenvalue weighted by atomic mass is 16.2. The first-order valence-corrected chi connectivity index (χ1v) is 5.25. The van der Waals surface area contributed by atoms with Crippen molar-refractivity contribution in [2.75, 3.05) is 0 Å². The molecule has 1 aliphatic rings. The summed E-state index contributed by atoms with van der Waals surface area (Å²) in [5.74, 6) is 0.456. The minimum absolute atomic E-state index is 0.112. The number of rotatable bonds is 3. The molecule has 0 bridgehead atoms. The Labute approximate surface area is 85.5 Å². The van der Waals surface area contributed by atoms with Gasteiger partial charge in [0.1, 0.15) is 5.41 Å². The van der Waals surface area contributed by atoms with Gasteiger partial charge < -0.3 is 5.32 Å². The van der Waals surface area contributed by atoms with E-state index in [1.165, 1.54) is 6.42 Å². The van der Waals surface area contributed by atoms with Crippen molar-refractivity contribution >= 4 is 5.91 Å². The Hall–Kier alpha value is -1.04. The number of amides is 1. The summed E-state index contributed by atoms with van der Waals surface area (Å²) in [6.07, 6.45) is 2.80. The summed E-state index contributed by atoms with van der Waals surface area (Å²) in [6, 6.07) is 2.38. The number of hydrogen-bond donors (Lipinski definition) is 1. The van der Waals surface area contributed by atoms with Crippen LogP contribution in [0.4, 0.5) is 0 Å². The lowest BCUT2D eigenvalue weighted by Crippen LogP contribution is -2.50. The lowest BCUT2D eigenvalue weighted by molar-refractivity contribution is -0.129. The van der Waals surface area contributed by atoms with Gasteiger partial charge in [-0.1, -0.05) is 13.8 Å². The van der Waals surface area contributed by atoms with E-state index < -0.39 is 5.41 Å². The number of nitriles is 1. The molecule has 3 atom stereocenters. The summed E-state index contributed by atoms with van der Waals surface area (Å²) >= 11 is 0. The molecule has 0 aromatic carbocycles. The average molecular weight is 194 g/mol. The Kier molecular flexibility index (Phi) is 3.15. The van der Waals surface area contributed by atoms with Crippen LogP contribution < -0.4 is 5.32 Å². The van der Waals surface area contributed by atoms with Gasteiger partial charge in [0.25, 0.3) is 0 Å². The highest BCUT2D eigenvalue weighted by molar-refractivity contribution is 5.85. The number of carbonyl (C=O) groups is 1. The average Bonchev–Trinajstić information content (AvgIpc) is 2.21. The third kappa shape index (κ3) is 1.89. The summed E-state index contributed by atoms with van der Waals surface area (Å²) in [6.45, 7) is 5.70. The maximum Gasteiger partial charge on any atom is 0.240 e. The molecular weight excluding hydrogens is 176 g/mol. The molecule has 0 saturated heterocycles. The first-order chi connectivity index (χ1) is 6.53. The van der Waals surface area contributed by atoms with Crippen LogP contribution in [0, 0.1) is 22.7 Å². The van der Waals surface area contributed by atoms with Gasteiger partial charge in [0.2, 0.25) is 5.91 Å². The monoisotopic (exact) mass is 194 g/mol. The lowest BCUT2D eigenvalue weighted by Gasteiger charge is -2.36. The molecule has 78 valence electrons. The van der Waals surface area contributed by atoms with Gasteiger partial charge in [-0.2, -0.15) is 5.26 Å². The van der Waals surface area contributed by atoms with Crippen LogP contribution in [0.15, 0.2) is 0 Å². The van der Waals surface area contributed by atoms with E-state index in [1.54, 1.807) is 6.92 Å². The maximum atomic E-state index is 11.7. The summed E-state index contributed by atoms with van der Waals surface area (Å²) in [5, 5.41) is 11.9. The Morgan fingerprint density at radius 1 is 1.64 bits per heavy atom. The maximum absolute atomic E-state index is 11.7. The van der Waals surface area contributed by atoms with Gasteiger partial charge in [0.05, 0.1) is 6.07 Å². The minimum Gasteiger partial charge on any atom is -0.352 e. The zero-order valence-electron chi connectivity index (χ0n) is 9.13. The van der Waals surface area contributed by atoms with E-state index in [1.807, 2.05) is 6.92 Å². The van der Waals surface area contributed by atoms with Gasteiger partial charge in [-0.25, -0.2) is 0 Å². The first-order valence-electron chi connectivity index (χ1n) is 5.25. The van der Waals surface area contributed by atoms with Crippen molar-refractivity contribution in [1.82, 2.24) is 5.32 Å². The van der Waals surface area contributed by atoms with E-state index in [9.17, 15) is 4.79 Å². The molecule has 3 nitrogen and oxygen atoms in total. The van der Waals surface area contributed by atoms with E-state index in [-0.39, 0.29) is 5.91 Å². The van der Waals surface area contributed by atoms with Crippen LogP contribution >= 0.6 is 0 Å². The standard InChI is InChI=1S/C11H18N2O/c1-4-11(3,7-12)10(14)13-9-6-5-8(9)2/h8-9H,4-6H2,1-3H3,(H,13,14). The number of nitrogens with one attached hydrogen (secondary N) is 1. The van der Waals surface area contributed by atoms with Crippen LogP contribution in [0.25, 0.3) is 0 Å². The SMILES string of the molecule is CCC(C)(C#N)C(=O)NC1CCC1C. The van der Waals surface area contributed by atoms with Gasteiger partial charge in [-0.05, 0) is 32.1 Å². The molecule has 0 aliphatic heterocycles. The topological polar surface area (TPSA) is 52.9 Å². The minimum atomic E-state index is -0.852.